The Morgan fingerprint density at radius 1 is 0.422 bits per heavy atom. The molecular formula is C34H95B5Cl2N3O4P67S. The van der Waals surface area contributed by atoms with E-state index in [-0.39, 0.29) is 51.3 Å². The van der Waals surface area contributed by atoms with Crippen LogP contribution in [0.15, 0.2) is 120 Å². The molecule has 1 aliphatic rings. The monoisotopic (exact) mass is 2840 g/mol. The quantitative estimate of drug-likeness (QED) is 0.0340. The molecule has 0 aliphatic carbocycles. The van der Waals surface area contributed by atoms with Crippen LogP contribution in [0.5, 0.6) is 0 Å². The highest BCUT2D eigenvalue weighted by Crippen LogP contribution is 3.50. The van der Waals surface area contributed by atoms with Crippen molar-refractivity contribution in [3.05, 3.63) is 147 Å². The van der Waals surface area contributed by atoms with E-state index in [9.17, 15) is 18.0 Å². The van der Waals surface area contributed by atoms with Crippen LogP contribution >= 0.6 is 554 Å². The summed E-state index contributed by atoms with van der Waals surface area (Å²) in [4.78, 5) is 26.7. The molecule has 1 heterocycles. The summed E-state index contributed by atoms with van der Waals surface area (Å²) in [5, 5.41) is 3.67. The van der Waals surface area contributed by atoms with Gasteiger partial charge in [0.15, 0.2) is 0 Å². The molecule has 2 amide bonds. The number of amides is 2. The lowest BCUT2D eigenvalue weighted by Crippen LogP contribution is -2.49. The third-order valence-electron chi connectivity index (χ3n) is 14.0. The lowest BCUT2D eigenvalue weighted by Gasteiger charge is -2.62. The summed E-state index contributed by atoms with van der Waals surface area (Å²) in [6.45, 7) is -13.7. The Hall–Kier alpha value is 25.2. The molecule has 640 valence electrons. The molecule has 5 rings (SSSR count). The van der Waals surface area contributed by atoms with Gasteiger partial charge >= 0.3 is 0 Å². The van der Waals surface area contributed by atoms with Crippen LogP contribution in [-0.2, 0) is 26.0 Å². The topological polar surface area (TPSA) is 110 Å². The van der Waals surface area contributed by atoms with Gasteiger partial charge in [-0.2, -0.15) is 19.0 Å². The maximum Gasteiger partial charge on any atom is 0.249 e. The number of nitrogens with two attached hydrogens (primary N) is 1. The molecule has 3 N–H and O–H groups in total. The molecule has 82 heteroatoms. The molecule has 4 aromatic rings. The molecule has 10 radical (unpaired) electrons. The number of sulfonamides is 1. The number of carbonyl (C=O) groups excluding carboxylic acids is 2. The van der Waals surface area contributed by atoms with E-state index < -0.39 is 258 Å². The number of hydrogen-bond donors (Lipinski definition) is 2. The fraction of sp³-hybridized carbons (Fsp3) is 0.176. The summed E-state index contributed by atoms with van der Waals surface area (Å²) in [7, 11) is 143. The highest BCUT2D eigenvalue weighted by atomic mass is 35.5. The molecule has 0 saturated heterocycles. The first kappa shape index (κ1) is 133. The van der Waals surface area contributed by atoms with Gasteiger partial charge in [-0.1, -0.05) is 102 Å². The van der Waals surface area contributed by atoms with Gasteiger partial charge < -0.3 is 11.1 Å². The van der Waals surface area contributed by atoms with Gasteiger partial charge in [-0.3, -0.25) is 9.59 Å². The van der Waals surface area contributed by atoms with Gasteiger partial charge in [0.05, 0.1) is 17.0 Å². The van der Waals surface area contributed by atoms with Crippen molar-refractivity contribution in [3.8, 4) is 0 Å². The predicted octanol–water partition coefficient (Wildman–Crippen LogP) is 45.0. The molecule has 1 aliphatic heterocycles. The smallest absolute Gasteiger partial charge is 0.249 e. The van der Waals surface area contributed by atoms with Crippen molar-refractivity contribution < 1.29 is 18.0 Å². The van der Waals surface area contributed by atoms with Crippen molar-refractivity contribution in [1.82, 2.24) is 9.62 Å². The average molecular weight is 2840 g/mol. The highest BCUT2D eigenvalue weighted by molar-refractivity contribution is 9.56. The normalized spacial score (nSPS) is 17.5. The van der Waals surface area contributed by atoms with Crippen molar-refractivity contribution in [3.63, 3.8) is 0 Å². The van der Waals surface area contributed by atoms with Crippen LogP contribution in [0.2, 0.25) is 10.0 Å². The largest absolute Gasteiger partial charge is 0.368 e. The molecule has 7 nitrogen and oxygen atoms in total. The summed E-state index contributed by atoms with van der Waals surface area (Å²) < 4.78 is 30.8. The molecule has 0 fully saturated rings. The Kier molecular flexibility index (Phi) is 78.8. The third-order valence-corrected chi connectivity index (χ3v) is 494. The Morgan fingerprint density at radius 3 is 1.08 bits per heavy atom. The number of rotatable bonds is 43. The first-order chi connectivity index (χ1) is 53.8. The first-order valence-electron chi connectivity index (χ1n) is 30.4. The summed E-state index contributed by atoms with van der Waals surface area (Å²) in [6, 6.07) is 26.9. The lowest BCUT2D eigenvalue weighted by atomic mass is 9.88. The van der Waals surface area contributed by atoms with Gasteiger partial charge in [0.2, 0.25) is 21.8 Å². The van der Waals surface area contributed by atoms with Gasteiger partial charge in [-0.25, -0.2) is 8.42 Å². The third kappa shape index (κ3) is 41.5. The van der Waals surface area contributed by atoms with Crippen LogP contribution in [0, 0.1) is 6.92 Å². The average Bonchev–Trinajstić information content (AvgIpc) is 0.754. The predicted molar refractivity (Wildman–Crippen MR) is 754 cm³/mol. The molecule has 42 atom stereocenters. The molecule has 0 bridgehead atoms. The van der Waals surface area contributed by atoms with Crippen LogP contribution in [0.4, 0.5) is 0 Å². The SMILES string of the molecule is Cc1ccccc1S(=O)(=O)N1C(c2cccc(Cl)c2)C(C(=O)N[C@@H](Cc2ccccc2)C(N)=O)=CC[C@H]1c1ccc(Cl)cc1.[B]P([B])P(P)P(P(P)P)P(P(P(P([B])[B])P([B])P)P(P(P)P)P(P)P)P(P(P(P(P)P)P(P)P)P(P(P)P)P(P)P)P(P(P(P(P)P)P(P)P)P(P(P)P)P(P)P)P(P(P(P)P)P(P)P)P(P(P)P)P(P)P. The van der Waals surface area contributed by atoms with Gasteiger partial charge in [-0.15, -0.1) is 293 Å². The lowest BCUT2D eigenvalue weighted by molar-refractivity contribution is -0.125. The zero-order valence-corrected chi connectivity index (χ0v) is 131. The number of primary amides is 1. The van der Waals surface area contributed by atoms with Crippen molar-refractivity contribution in [2.75, 3.05) is 0 Å². The van der Waals surface area contributed by atoms with Gasteiger partial charge in [0.1, 0.15) is 43.9 Å². The van der Waals surface area contributed by atoms with Crippen LogP contribution in [0.1, 0.15) is 40.8 Å². The van der Waals surface area contributed by atoms with Gasteiger partial charge in [0, 0.05) is 22.0 Å². The molecule has 0 spiro atoms. The van der Waals surface area contributed by atoms with Crippen LogP contribution in [-0.4, -0.2) is 68.4 Å². The zero-order valence-electron chi connectivity index (χ0n) is 60.9. The first-order valence-corrected chi connectivity index (χ1v) is 156. The number of carbonyl (C=O) groups is 2. The second-order valence-corrected chi connectivity index (χ2v) is 302. The van der Waals surface area contributed by atoms with Gasteiger partial charge in [-0.05, 0) is 290 Å². The van der Waals surface area contributed by atoms with E-state index in [0.717, 1.165) is 5.56 Å². The van der Waals surface area contributed by atoms with Crippen LogP contribution in [0.3, 0.4) is 0 Å². The number of hydrogen-bond acceptors (Lipinski definition) is 4. The van der Waals surface area contributed by atoms with E-state index in [1.807, 2.05) is 30.3 Å². The van der Waals surface area contributed by atoms with Crippen molar-refractivity contribution in [2.24, 2.45) is 5.73 Å². The molecule has 4 aromatic carbocycles. The Bertz CT molecular complexity index is 3610. The highest BCUT2D eigenvalue weighted by Gasteiger charge is 2.64. The number of benzene rings is 4. The standard InChI is InChI=1S/C34H31Cl2N3O4S.B5H64P67/c1-22-8-5-6-13-31(22)44(42,43)39-30(24-14-16-26(35)17-15-24)19-18-28(32(39)25-11-7-12-27(36)21-25)34(41)38-29(33(37)40)20-23-9-3-2-4-10-23;1-38(2)56(37)65(55(35)36)70(66(57(39(3)4)40(5)6)58(41(7)8)42(9)10)72(69(63(51(27)28)52(29)30)64(53(31)32)54(33)34)71(67(59(43(11)12)44(13)14)60(45(15)16)46(17)18)68(61(47(19)20)48(21)22)62(49(23)24)50(25)26/h2-18,21,29-30,32H,19-20H2,1H3,(H2,37,40)(H,38,41);6-37H2/t29-,30-,32?;/m0./s1. The Morgan fingerprint density at radius 2 is 0.759 bits per heavy atom. The maximum atomic E-state index is 14.7. The number of aryl methyl sites for hydroxylation is 1. The minimum absolute atomic E-state index is 0.117. The fourth-order valence-electron chi connectivity index (χ4n) is 9.85. The Labute approximate surface area is 826 Å². The van der Waals surface area contributed by atoms with E-state index in [1.165, 1.54) is 4.31 Å². The van der Waals surface area contributed by atoms with Crippen molar-refractivity contribution >= 4 is 614 Å². The number of nitrogens with zero attached hydrogens (tertiary/aromatic N) is 1. The summed E-state index contributed by atoms with van der Waals surface area (Å²) in [5.74, 6) is -1.31. The molecular weight excluding hydrogens is 2750 g/mol. The minimum Gasteiger partial charge on any atom is -0.368 e. The fourth-order valence-corrected chi connectivity index (χ4v) is 995. The Balaban J connectivity index is 0.000000543. The van der Waals surface area contributed by atoms with Crippen molar-refractivity contribution in [1.29, 1.82) is 0 Å². The minimum atomic E-state index is -4.23. The molecule has 40 unspecified atom stereocenters. The molecule has 116 heavy (non-hydrogen) atoms. The van der Waals surface area contributed by atoms with E-state index >= 15 is 0 Å². The van der Waals surface area contributed by atoms with Gasteiger partial charge in [0.25, 0.3) is 0 Å². The van der Waals surface area contributed by atoms with E-state index in [4.69, 9.17) is 66.8 Å². The summed E-state index contributed by atoms with van der Waals surface area (Å²) in [5.41, 5.74) is 8.45. The second-order valence-electron chi connectivity index (χ2n) is 22.1. The molecule has 0 aromatic heterocycles. The molecule has 0 saturated carbocycles. The maximum absolute atomic E-state index is 14.7. The van der Waals surface area contributed by atoms with E-state index in [2.05, 4.69) is 291 Å². The zero-order chi connectivity index (χ0) is 88.6. The summed E-state index contributed by atoms with van der Waals surface area (Å²) in [6.07, 6.45) is 2.09. The summed E-state index contributed by atoms with van der Waals surface area (Å²) >= 11 is 12.6. The van der Waals surface area contributed by atoms with Crippen molar-refractivity contribution in [2.45, 2.75) is 42.8 Å². The number of halogens is 2. The van der Waals surface area contributed by atoms with Crippen LogP contribution < -0.4 is 11.1 Å². The van der Waals surface area contributed by atoms with E-state index in [1.54, 1.807) is 85.8 Å². The number of nitrogens with one attached hydrogen (secondary N) is 1. The van der Waals surface area contributed by atoms with E-state index in [0.29, 0.717) is 26.7 Å². The second kappa shape index (κ2) is 68.4. The van der Waals surface area contributed by atoms with Crippen LogP contribution in [0.25, 0.3) is 0 Å².